The minimum absolute atomic E-state index is 0. The van der Waals surface area contributed by atoms with Crippen LogP contribution in [0.1, 0.15) is 0 Å². The molecule has 6 heavy (non-hydrogen) atoms. The molecule has 0 aromatic heterocycles. The van der Waals surface area contributed by atoms with E-state index in [4.69, 9.17) is 13.0 Å². The predicted octanol–water partition coefficient (Wildman–Crippen LogP) is -2.40. The Morgan fingerprint density at radius 2 is 1.33 bits per heavy atom. The third-order valence-electron chi connectivity index (χ3n) is 0. The molecule has 0 amide bonds. The van der Waals surface area contributed by atoms with Gasteiger partial charge in [-0.1, -0.05) is 0 Å². The second-order valence-corrected chi connectivity index (χ2v) is 0.714. The summed E-state index contributed by atoms with van der Waals surface area (Å²) in [6.45, 7) is 0. The molecule has 36 valence electrons. The van der Waals surface area contributed by atoms with Gasteiger partial charge in [-0.05, 0) is 0 Å². The van der Waals surface area contributed by atoms with E-state index in [1.807, 2.05) is 0 Å². The zero-order valence-electron chi connectivity index (χ0n) is 2.21. The Hall–Kier alpha value is 0.870. The third-order valence-corrected chi connectivity index (χ3v) is 0. The van der Waals surface area contributed by atoms with Gasteiger partial charge in [0, 0.05) is 0 Å². The first kappa shape index (κ1) is 15.8. The quantitative estimate of drug-likeness (QED) is 0.214. The van der Waals surface area contributed by atoms with Crippen LogP contribution >= 0.6 is 0 Å². The fourth-order valence-electron chi connectivity index (χ4n) is 0. The second kappa shape index (κ2) is 9.30. The molecule has 0 saturated heterocycles. The summed E-state index contributed by atoms with van der Waals surface area (Å²) in [4.78, 5) is 0. The molecule has 0 bridgehead atoms. The summed E-state index contributed by atoms with van der Waals surface area (Å²) in [6, 6.07) is 0. The van der Waals surface area contributed by atoms with Gasteiger partial charge in [0.15, 0.2) is 0 Å². The molecule has 0 rings (SSSR count). The molecule has 0 aliphatic carbocycles. The van der Waals surface area contributed by atoms with Crippen molar-refractivity contribution in [2.45, 2.75) is 0 Å². The van der Waals surface area contributed by atoms with Crippen molar-refractivity contribution in [3.05, 3.63) is 0 Å². The summed E-state index contributed by atoms with van der Waals surface area (Å²) in [6.07, 6.45) is 0. The van der Waals surface area contributed by atoms with E-state index in [1.165, 1.54) is 0 Å². The van der Waals surface area contributed by atoms with Crippen molar-refractivity contribution in [1.29, 1.82) is 0 Å². The predicted molar refractivity (Wildman–Crippen MR) is 23.7 cm³/mol. The maximum absolute atomic E-state index is 8.59. The van der Waals surface area contributed by atoms with E-state index >= 15 is 0 Å². The molecule has 3 N–H and O–H groups in total. The average molecular weight is 124 g/mol. The van der Waals surface area contributed by atoms with E-state index in [0.29, 0.717) is 0 Å². The summed E-state index contributed by atoms with van der Waals surface area (Å²) in [5.74, 6) is 0. The number of rotatable bonds is 0. The Bertz CT molecular complexity index is 55.9. The van der Waals surface area contributed by atoms with Crippen LogP contribution in [0.2, 0.25) is 0 Å². The van der Waals surface area contributed by atoms with Crippen LogP contribution in [0.25, 0.3) is 0 Å². The maximum atomic E-state index is 8.59. The van der Waals surface area contributed by atoms with E-state index in [9.17, 15) is 0 Å². The molecule has 0 fully saturated rings. The van der Waals surface area contributed by atoms with Crippen molar-refractivity contribution >= 4 is 40.5 Å². The van der Waals surface area contributed by atoms with E-state index < -0.39 is 11.0 Å². The van der Waals surface area contributed by atoms with Crippen molar-refractivity contribution in [3.8, 4) is 0 Å². The topological polar surface area (TPSA) is 85.9 Å². The molecule has 0 radical (unpaired) electrons. The standard InChI is InChI=1S/Na.H2O3S.H2O.H/c;1-4(2)3;;/h;4H,(H,1,2,3);1H2;. The Kier molecular flexibility index (Phi) is 24.5. The van der Waals surface area contributed by atoms with Gasteiger partial charge in [-0.2, -0.15) is 0 Å². The first-order valence-corrected chi connectivity index (χ1v) is 1.70. The minimum atomic E-state index is -3.12. The molecule has 0 saturated carbocycles. The molecule has 0 spiro atoms. The Balaban J connectivity index is -0.0000000450. The van der Waals surface area contributed by atoms with E-state index in [1.54, 1.807) is 0 Å². The van der Waals surface area contributed by atoms with Crippen molar-refractivity contribution in [2.24, 2.45) is 0 Å². The van der Waals surface area contributed by atoms with Crippen LogP contribution in [0, 0.1) is 0 Å². The number of thiol groups is 1. The molecule has 0 aliphatic heterocycles. The van der Waals surface area contributed by atoms with E-state index in [0.717, 1.165) is 0 Å². The van der Waals surface area contributed by atoms with Gasteiger partial charge in [0.05, 0.1) is 0 Å². The molecule has 4 nitrogen and oxygen atoms in total. The molecule has 0 aromatic carbocycles. The molecule has 6 heteroatoms. The SMILES string of the molecule is O.O=[SH](=O)O.[NaH]. The first-order valence-electron chi connectivity index (χ1n) is 0.565. The van der Waals surface area contributed by atoms with Gasteiger partial charge in [-0.25, -0.2) is 8.42 Å². The molecule has 0 unspecified atom stereocenters. The van der Waals surface area contributed by atoms with Gasteiger partial charge in [-0.15, -0.1) is 0 Å². The van der Waals surface area contributed by atoms with Gasteiger partial charge in [0.2, 0.25) is 0 Å². The molecule has 0 aromatic rings. The Morgan fingerprint density at radius 3 is 1.33 bits per heavy atom. The van der Waals surface area contributed by atoms with Gasteiger partial charge in [0.1, 0.15) is 0 Å². The summed E-state index contributed by atoms with van der Waals surface area (Å²) in [7, 11) is -3.12. The van der Waals surface area contributed by atoms with Gasteiger partial charge >= 0.3 is 29.6 Å². The molecule has 0 atom stereocenters. The van der Waals surface area contributed by atoms with E-state index in [2.05, 4.69) is 0 Å². The fraction of sp³-hybridized carbons (Fsp3) is 0. The normalized spacial score (nSPS) is 5.67. The summed E-state index contributed by atoms with van der Waals surface area (Å²) in [5.41, 5.74) is 0. The van der Waals surface area contributed by atoms with Crippen LogP contribution in [-0.4, -0.2) is 48.0 Å². The van der Waals surface area contributed by atoms with Crippen molar-refractivity contribution in [2.75, 3.05) is 0 Å². The fourth-order valence-corrected chi connectivity index (χ4v) is 0. The number of hydrogen-bond donors (Lipinski definition) is 2. The van der Waals surface area contributed by atoms with Crippen LogP contribution < -0.4 is 0 Å². The molecular weight excluding hydrogens is 119 g/mol. The van der Waals surface area contributed by atoms with Gasteiger partial charge in [0.25, 0.3) is 11.0 Å². The number of hydrogen-bond acceptors (Lipinski definition) is 2. The van der Waals surface area contributed by atoms with Crippen LogP contribution in [-0.2, 0) is 11.0 Å². The van der Waals surface area contributed by atoms with Crippen molar-refractivity contribution in [3.63, 3.8) is 0 Å². The Morgan fingerprint density at radius 1 is 1.33 bits per heavy atom. The Labute approximate surface area is 58.9 Å². The first-order chi connectivity index (χ1) is 1.73. The van der Waals surface area contributed by atoms with Crippen LogP contribution in [0.3, 0.4) is 0 Å². The van der Waals surface area contributed by atoms with Crippen LogP contribution in [0.4, 0.5) is 0 Å². The second-order valence-electron chi connectivity index (χ2n) is 0.238. The summed E-state index contributed by atoms with van der Waals surface area (Å²) in [5, 5.41) is 0. The molecular formula is H5NaO4S. The molecule has 0 aliphatic rings. The summed E-state index contributed by atoms with van der Waals surface area (Å²) >= 11 is 0. The zero-order valence-corrected chi connectivity index (χ0v) is 3.11. The van der Waals surface area contributed by atoms with E-state index in [-0.39, 0.29) is 35.0 Å². The monoisotopic (exact) mass is 124 g/mol. The molecule has 0 heterocycles. The van der Waals surface area contributed by atoms with Gasteiger partial charge in [-0.3, -0.25) is 4.55 Å². The van der Waals surface area contributed by atoms with Crippen LogP contribution in [0.5, 0.6) is 0 Å². The van der Waals surface area contributed by atoms with Crippen molar-refractivity contribution < 1.29 is 18.4 Å². The summed E-state index contributed by atoms with van der Waals surface area (Å²) < 4.78 is 24.2. The van der Waals surface area contributed by atoms with Crippen LogP contribution in [0.15, 0.2) is 0 Å². The third kappa shape index (κ3) is 96.4. The zero-order chi connectivity index (χ0) is 3.58. The van der Waals surface area contributed by atoms with Crippen molar-refractivity contribution in [1.82, 2.24) is 0 Å². The average Bonchev–Trinajstić information content (AvgIpc) is 0.811. The van der Waals surface area contributed by atoms with Gasteiger partial charge < -0.3 is 5.48 Å².